The topological polar surface area (TPSA) is 64.3 Å². The van der Waals surface area contributed by atoms with Crippen molar-refractivity contribution in [1.29, 1.82) is 0 Å². The Hall–Kier alpha value is -1.76. The summed E-state index contributed by atoms with van der Waals surface area (Å²) in [5.74, 6) is -0.856. The third-order valence-corrected chi connectivity index (χ3v) is 4.00. The summed E-state index contributed by atoms with van der Waals surface area (Å²) in [5, 5.41) is 2.79. The summed E-state index contributed by atoms with van der Waals surface area (Å²) in [6, 6.07) is 4.82. The van der Waals surface area contributed by atoms with E-state index in [4.69, 9.17) is 10.5 Å². The second-order valence-electron chi connectivity index (χ2n) is 5.43. The lowest BCUT2D eigenvalue weighted by Crippen LogP contribution is -2.55. The maximum Gasteiger partial charge on any atom is 0.419 e. The van der Waals surface area contributed by atoms with E-state index in [1.807, 2.05) is 13.8 Å². The van der Waals surface area contributed by atoms with E-state index in [0.717, 1.165) is 6.07 Å². The summed E-state index contributed by atoms with van der Waals surface area (Å²) in [7, 11) is 0. The highest BCUT2D eigenvalue weighted by molar-refractivity contribution is 5.81. The number of nitrogens with one attached hydrogen (secondary N) is 1. The van der Waals surface area contributed by atoms with Crippen molar-refractivity contribution < 1.29 is 22.7 Å². The Morgan fingerprint density at radius 3 is 2.30 bits per heavy atom. The Labute approximate surface area is 134 Å². The van der Waals surface area contributed by atoms with E-state index in [2.05, 4.69) is 5.32 Å². The minimum atomic E-state index is -4.54. The lowest BCUT2D eigenvalue weighted by Gasteiger charge is -2.32. The van der Waals surface area contributed by atoms with Crippen LogP contribution in [0.5, 0.6) is 5.75 Å². The van der Waals surface area contributed by atoms with Crippen molar-refractivity contribution in [3.63, 3.8) is 0 Å². The van der Waals surface area contributed by atoms with Gasteiger partial charge in [-0.3, -0.25) is 4.79 Å². The number of nitrogens with two attached hydrogens (primary N) is 1. The molecule has 0 fully saturated rings. The molecule has 0 aliphatic carbocycles. The van der Waals surface area contributed by atoms with Gasteiger partial charge >= 0.3 is 6.18 Å². The van der Waals surface area contributed by atoms with Gasteiger partial charge in [0, 0.05) is 6.54 Å². The Morgan fingerprint density at radius 2 is 1.83 bits per heavy atom. The minimum Gasteiger partial charge on any atom is -0.480 e. The van der Waals surface area contributed by atoms with Crippen LogP contribution >= 0.6 is 0 Å². The molecule has 0 heterocycles. The third kappa shape index (κ3) is 4.86. The van der Waals surface area contributed by atoms with Crippen molar-refractivity contribution in [2.45, 2.75) is 51.4 Å². The molecule has 1 aromatic rings. The second kappa shape index (κ2) is 7.68. The van der Waals surface area contributed by atoms with Crippen LogP contribution in [0.1, 0.15) is 39.2 Å². The van der Waals surface area contributed by atoms with E-state index in [1.54, 1.807) is 0 Å². The van der Waals surface area contributed by atoms with E-state index in [-0.39, 0.29) is 12.3 Å². The van der Waals surface area contributed by atoms with E-state index in [1.165, 1.54) is 25.1 Å². The molecular weight excluding hydrogens is 309 g/mol. The number of hydrogen-bond donors (Lipinski definition) is 2. The number of carbonyl (C=O) groups excluding carboxylic acids is 1. The van der Waals surface area contributed by atoms with Gasteiger partial charge in [0.15, 0.2) is 6.10 Å². The molecular formula is C16H23F3N2O2. The highest BCUT2D eigenvalue weighted by Gasteiger charge is 2.35. The molecule has 0 bridgehead atoms. The number of benzene rings is 1. The van der Waals surface area contributed by atoms with Crippen LogP contribution in [0.3, 0.4) is 0 Å². The van der Waals surface area contributed by atoms with E-state index >= 15 is 0 Å². The molecule has 1 atom stereocenters. The zero-order valence-corrected chi connectivity index (χ0v) is 13.5. The van der Waals surface area contributed by atoms with Crippen LogP contribution in [0.2, 0.25) is 0 Å². The largest absolute Gasteiger partial charge is 0.480 e. The van der Waals surface area contributed by atoms with Crippen LogP contribution in [0.25, 0.3) is 0 Å². The average molecular weight is 332 g/mol. The molecule has 23 heavy (non-hydrogen) atoms. The summed E-state index contributed by atoms with van der Waals surface area (Å²) in [6.07, 6.45) is -4.36. The first kappa shape index (κ1) is 19.3. The monoisotopic (exact) mass is 332 g/mol. The number of amides is 1. The second-order valence-corrected chi connectivity index (χ2v) is 5.43. The summed E-state index contributed by atoms with van der Waals surface area (Å²) >= 11 is 0. The smallest absolute Gasteiger partial charge is 0.419 e. The molecule has 0 aromatic heterocycles. The highest BCUT2D eigenvalue weighted by Crippen LogP contribution is 2.36. The fraction of sp³-hybridized carbons (Fsp3) is 0.562. The lowest BCUT2D eigenvalue weighted by atomic mass is 9.92. The first-order valence-electron chi connectivity index (χ1n) is 7.54. The molecule has 130 valence electrons. The molecule has 0 saturated heterocycles. The number of halogens is 3. The van der Waals surface area contributed by atoms with Crippen molar-refractivity contribution in [2.75, 3.05) is 6.54 Å². The lowest BCUT2D eigenvalue weighted by molar-refractivity contribution is -0.141. The number of para-hydroxylation sites is 1. The van der Waals surface area contributed by atoms with Crippen molar-refractivity contribution in [3.05, 3.63) is 29.8 Å². The minimum absolute atomic E-state index is 0.248. The zero-order valence-electron chi connectivity index (χ0n) is 13.5. The summed E-state index contributed by atoms with van der Waals surface area (Å²) in [4.78, 5) is 12.2. The average Bonchev–Trinajstić information content (AvgIpc) is 2.52. The quantitative estimate of drug-likeness (QED) is 0.806. The van der Waals surface area contributed by atoms with E-state index < -0.39 is 29.3 Å². The number of ether oxygens (including phenoxy) is 1. The Morgan fingerprint density at radius 1 is 1.26 bits per heavy atom. The molecule has 0 aliphatic rings. The van der Waals surface area contributed by atoms with Crippen molar-refractivity contribution in [1.82, 2.24) is 5.32 Å². The van der Waals surface area contributed by atoms with Gasteiger partial charge in [0.1, 0.15) is 5.75 Å². The molecule has 7 heteroatoms. The normalized spacial score (nSPS) is 13.5. The zero-order chi connectivity index (χ0) is 17.7. The summed E-state index contributed by atoms with van der Waals surface area (Å²) in [6.45, 7) is 5.44. The van der Waals surface area contributed by atoms with Crippen LogP contribution in [0, 0.1) is 0 Å². The summed E-state index contributed by atoms with van der Waals surface area (Å²) in [5.41, 5.74) is 4.23. The number of carbonyl (C=O) groups is 1. The van der Waals surface area contributed by atoms with Crippen molar-refractivity contribution >= 4 is 5.91 Å². The SMILES string of the molecule is CCC(CC)(CN)NC(=O)C(C)Oc1ccccc1C(F)(F)F. The van der Waals surface area contributed by atoms with Crippen LogP contribution < -0.4 is 15.8 Å². The van der Waals surface area contributed by atoms with Gasteiger partial charge < -0.3 is 15.8 Å². The number of alkyl halides is 3. The van der Waals surface area contributed by atoms with Crippen LogP contribution in [0.4, 0.5) is 13.2 Å². The van der Waals surface area contributed by atoms with E-state index in [0.29, 0.717) is 12.8 Å². The van der Waals surface area contributed by atoms with Crippen molar-refractivity contribution in [2.24, 2.45) is 5.73 Å². The number of hydrogen-bond acceptors (Lipinski definition) is 3. The van der Waals surface area contributed by atoms with Gasteiger partial charge in [0.2, 0.25) is 0 Å². The van der Waals surface area contributed by atoms with Gasteiger partial charge in [-0.15, -0.1) is 0 Å². The Kier molecular flexibility index (Phi) is 6.44. The molecule has 1 rings (SSSR count). The first-order valence-corrected chi connectivity index (χ1v) is 7.54. The van der Waals surface area contributed by atoms with Crippen LogP contribution in [0.15, 0.2) is 24.3 Å². The first-order chi connectivity index (χ1) is 10.7. The molecule has 0 radical (unpaired) electrons. The van der Waals surface area contributed by atoms with Gasteiger partial charge in [-0.1, -0.05) is 26.0 Å². The van der Waals surface area contributed by atoms with Gasteiger partial charge in [0.05, 0.1) is 11.1 Å². The number of rotatable bonds is 7. The van der Waals surface area contributed by atoms with E-state index in [9.17, 15) is 18.0 Å². The third-order valence-electron chi connectivity index (χ3n) is 4.00. The van der Waals surface area contributed by atoms with Crippen LogP contribution in [-0.4, -0.2) is 24.1 Å². The molecule has 1 unspecified atom stereocenters. The molecule has 1 aromatic carbocycles. The fourth-order valence-corrected chi connectivity index (χ4v) is 2.18. The van der Waals surface area contributed by atoms with Crippen LogP contribution in [-0.2, 0) is 11.0 Å². The van der Waals surface area contributed by atoms with Gasteiger partial charge in [-0.25, -0.2) is 0 Å². The molecule has 3 N–H and O–H groups in total. The predicted molar refractivity (Wildman–Crippen MR) is 82.0 cm³/mol. The highest BCUT2D eigenvalue weighted by atomic mass is 19.4. The maximum absolute atomic E-state index is 12.9. The fourth-order valence-electron chi connectivity index (χ4n) is 2.18. The summed E-state index contributed by atoms with van der Waals surface area (Å²) < 4.78 is 44.1. The Bertz CT molecular complexity index is 520. The van der Waals surface area contributed by atoms with Gasteiger partial charge in [-0.05, 0) is 31.9 Å². The molecule has 1 amide bonds. The molecule has 4 nitrogen and oxygen atoms in total. The van der Waals surface area contributed by atoms with Crippen molar-refractivity contribution in [3.8, 4) is 5.75 Å². The standard InChI is InChI=1S/C16H23F3N2O2/c1-4-15(5-2,10-20)21-14(22)11(3)23-13-9-7-6-8-12(13)16(17,18)19/h6-9,11H,4-5,10,20H2,1-3H3,(H,21,22). The molecule has 0 aliphatic heterocycles. The maximum atomic E-state index is 12.9. The molecule has 0 spiro atoms. The van der Waals surface area contributed by atoms with Gasteiger partial charge in [0.25, 0.3) is 5.91 Å². The Balaban J connectivity index is 2.88. The molecule has 0 saturated carbocycles. The van der Waals surface area contributed by atoms with Gasteiger partial charge in [-0.2, -0.15) is 13.2 Å². The predicted octanol–water partition coefficient (Wildman–Crippen LogP) is 3.11.